The molecule has 108 valence electrons. The second-order valence-corrected chi connectivity index (χ2v) is 7.27. The summed E-state index contributed by atoms with van der Waals surface area (Å²) in [5.41, 5.74) is 0. The van der Waals surface area contributed by atoms with Gasteiger partial charge in [0.15, 0.2) is 9.84 Å². The molecule has 2 unspecified atom stereocenters. The predicted molar refractivity (Wildman–Crippen MR) is 75.4 cm³/mol. The monoisotopic (exact) mass is 287 g/mol. The summed E-state index contributed by atoms with van der Waals surface area (Å²) < 4.78 is 37.7. The molecule has 0 aliphatic rings. The molecule has 2 atom stereocenters. The minimum Gasteiger partial charge on any atom is -0.314 e. The van der Waals surface area contributed by atoms with Gasteiger partial charge < -0.3 is 5.32 Å². The Kier molecular flexibility index (Phi) is 5.94. The maximum atomic E-state index is 13.1. The highest BCUT2D eigenvalue weighted by atomic mass is 32.2. The zero-order valence-corrected chi connectivity index (χ0v) is 12.5. The summed E-state index contributed by atoms with van der Waals surface area (Å²) in [6.07, 6.45) is 1.52. The molecular formula is C14H22FNO2S. The molecule has 1 aromatic rings. The lowest BCUT2D eigenvalue weighted by Gasteiger charge is -2.19. The topological polar surface area (TPSA) is 46.2 Å². The number of hydrogen-bond donors (Lipinski definition) is 1. The number of sulfone groups is 1. The Labute approximate surface area is 115 Å². The summed E-state index contributed by atoms with van der Waals surface area (Å²) in [5.74, 6) is -0.523. The van der Waals surface area contributed by atoms with Crippen LogP contribution in [0.1, 0.15) is 33.6 Å². The maximum absolute atomic E-state index is 13.1. The van der Waals surface area contributed by atoms with Crippen molar-refractivity contribution in [2.24, 2.45) is 0 Å². The first-order chi connectivity index (χ1) is 8.87. The van der Waals surface area contributed by atoms with Crippen molar-refractivity contribution in [3.05, 3.63) is 30.1 Å². The molecule has 0 bridgehead atoms. The van der Waals surface area contributed by atoms with Crippen LogP contribution in [0.2, 0.25) is 0 Å². The van der Waals surface area contributed by atoms with E-state index < -0.39 is 20.9 Å². The van der Waals surface area contributed by atoms with E-state index in [0.29, 0.717) is 6.42 Å². The van der Waals surface area contributed by atoms with Crippen molar-refractivity contribution in [1.29, 1.82) is 0 Å². The Hall–Kier alpha value is -0.940. The zero-order valence-electron chi connectivity index (χ0n) is 11.7. The Morgan fingerprint density at radius 1 is 1.32 bits per heavy atom. The molecule has 19 heavy (non-hydrogen) atoms. The van der Waals surface area contributed by atoms with E-state index in [9.17, 15) is 12.8 Å². The van der Waals surface area contributed by atoms with Gasteiger partial charge in [0.1, 0.15) is 5.82 Å². The molecular weight excluding hydrogens is 265 g/mol. The van der Waals surface area contributed by atoms with E-state index >= 15 is 0 Å². The van der Waals surface area contributed by atoms with Crippen LogP contribution >= 0.6 is 0 Å². The van der Waals surface area contributed by atoms with Gasteiger partial charge in [-0.1, -0.05) is 13.0 Å². The molecule has 1 N–H and O–H groups in total. The third-order valence-corrected chi connectivity index (χ3v) is 5.25. The molecule has 0 saturated carbocycles. The van der Waals surface area contributed by atoms with Crippen LogP contribution in [0.3, 0.4) is 0 Å². The summed E-state index contributed by atoms with van der Waals surface area (Å²) in [4.78, 5) is 0.0580. The van der Waals surface area contributed by atoms with Gasteiger partial charge in [-0.3, -0.25) is 0 Å². The molecule has 0 saturated heterocycles. The van der Waals surface area contributed by atoms with Gasteiger partial charge >= 0.3 is 0 Å². The molecule has 0 aliphatic carbocycles. The van der Waals surface area contributed by atoms with Crippen molar-refractivity contribution in [2.45, 2.75) is 49.8 Å². The molecule has 1 aromatic carbocycles. The zero-order chi connectivity index (χ0) is 14.5. The van der Waals surface area contributed by atoms with Crippen LogP contribution in [0.15, 0.2) is 29.2 Å². The summed E-state index contributed by atoms with van der Waals surface area (Å²) in [6.45, 7) is 6.57. The van der Waals surface area contributed by atoms with Crippen LogP contribution in [-0.4, -0.2) is 26.3 Å². The van der Waals surface area contributed by atoms with Crippen LogP contribution in [0.25, 0.3) is 0 Å². The lowest BCUT2D eigenvalue weighted by molar-refractivity contribution is 0.497. The van der Waals surface area contributed by atoms with Crippen LogP contribution in [0.5, 0.6) is 0 Å². The lowest BCUT2D eigenvalue weighted by atomic mass is 10.2. The first-order valence-electron chi connectivity index (χ1n) is 6.60. The van der Waals surface area contributed by atoms with E-state index in [2.05, 4.69) is 12.2 Å². The highest BCUT2D eigenvalue weighted by Crippen LogP contribution is 2.20. The summed E-state index contributed by atoms with van der Waals surface area (Å²) >= 11 is 0. The van der Waals surface area contributed by atoms with E-state index in [1.54, 1.807) is 6.92 Å². The van der Waals surface area contributed by atoms with Gasteiger partial charge in [-0.15, -0.1) is 0 Å². The number of nitrogens with one attached hydrogen (secondary N) is 1. The van der Waals surface area contributed by atoms with Crippen LogP contribution in [-0.2, 0) is 9.84 Å². The Morgan fingerprint density at radius 2 is 2.00 bits per heavy atom. The van der Waals surface area contributed by atoms with Crippen molar-refractivity contribution in [3.8, 4) is 0 Å². The number of hydrogen-bond acceptors (Lipinski definition) is 3. The Balaban J connectivity index is 2.77. The smallest absolute Gasteiger partial charge is 0.181 e. The van der Waals surface area contributed by atoms with E-state index in [1.165, 1.54) is 18.2 Å². The largest absolute Gasteiger partial charge is 0.314 e. The fraction of sp³-hybridized carbons (Fsp3) is 0.571. The number of benzene rings is 1. The second kappa shape index (κ2) is 7.01. The molecule has 3 nitrogen and oxygen atoms in total. The summed E-state index contributed by atoms with van der Waals surface area (Å²) in [6, 6.07) is 5.32. The van der Waals surface area contributed by atoms with Gasteiger partial charge in [0, 0.05) is 6.04 Å². The summed E-state index contributed by atoms with van der Waals surface area (Å²) in [7, 11) is -3.46. The minimum absolute atomic E-state index is 0.0580. The summed E-state index contributed by atoms with van der Waals surface area (Å²) in [5, 5.41) is 2.73. The fourth-order valence-electron chi connectivity index (χ4n) is 1.97. The maximum Gasteiger partial charge on any atom is 0.181 e. The van der Waals surface area contributed by atoms with E-state index in [4.69, 9.17) is 0 Å². The van der Waals surface area contributed by atoms with E-state index in [1.807, 2.05) is 6.92 Å². The minimum atomic E-state index is -3.46. The quantitative estimate of drug-likeness (QED) is 0.839. The highest BCUT2D eigenvalue weighted by Gasteiger charge is 2.25. The molecule has 0 fully saturated rings. The molecule has 1 rings (SSSR count). The molecule has 0 heterocycles. The average molecular weight is 287 g/mol. The first kappa shape index (κ1) is 16.1. The standard InChI is InChI=1S/C14H22FNO2S/c1-4-8-16-11(2)9-12(3)19(17,18)14-7-5-6-13(15)10-14/h5-7,10-12,16H,4,8-9H2,1-3H3. The van der Waals surface area contributed by atoms with Crippen molar-refractivity contribution < 1.29 is 12.8 Å². The van der Waals surface area contributed by atoms with Crippen molar-refractivity contribution in [1.82, 2.24) is 5.32 Å². The van der Waals surface area contributed by atoms with Gasteiger partial charge in [0.25, 0.3) is 0 Å². The normalized spacial score (nSPS) is 15.2. The molecule has 0 radical (unpaired) electrons. The van der Waals surface area contributed by atoms with Gasteiger partial charge in [-0.2, -0.15) is 0 Å². The fourth-order valence-corrected chi connectivity index (χ4v) is 3.53. The molecule has 0 spiro atoms. The second-order valence-electron chi connectivity index (χ2n) is 4.90. The number of halogens is 1. The van der Waals surface area contributed by atoms with Gasteiger partial charge in [0.05, 0.1) is 10.1 Å². The lowest BCUT2D eigenvalue weighted by Crippen LogP contribution is -2.32. The van der Waals surface area contributed by atoms with Gasteiger partial charge in [-0.25, -0.2) is 12.8 Å². The third-order valence-electron chi connectivity index (χ3n) is 3.08. The average Bonchev–Trinajstić information content (AvgIpc) is 2.36. The third kappa shape index (κ3) is 4.58. The van der Waals surface area contributed by atoms with Crippen LogP contribution in [0.4, 0.5) is 4.39 Å². The Bertz CT molecular complexity index is 502. The molecule has 0 amide bonds. The van der Waals surface area contributed by atoms with Gasteiger partial charge in [0.2, 0.25) is 0 Å². The Morgan fingerprint density at radius 3 is 2.58 bits per heavy atom. The van der Waals surface area contributed by atoms with Crippen molar-refractivity contribution >= 4 is 9.84 Å². The van der Waals surface area contributed by atoms with Crippen LogP contribution in [0, 0.1) is 5.82 Å². The van der Waals surface area contributed by atoms with Gasteiger partial charge in [-0.05, 0) is 51.4 Å². The SMILES string of the molecule is CCCNC(C)CC(C)S(=O)(=O)c1cccc(F)c1. The van der Waals surface area contributed by atoms with E-state index in [-0.39, 0.29) is 10.9 Å². The highest BCUT2D eigenvalue weighted by molar-refractivity contribution is 7.92. The first-order valence-corrected chi connectivity index (χ1v) is 8.15. The predicted octanol–water partition coefficient (Wildman–Crippen LogP) is 2.77. The molecule has 0 aromatic heterocycles. The molecule has 5 heteroatoms. The van der Waals surface area contributed by atoms with Crippen molar-refractivity contribution in [2.75, 3.05) is 6.54 Å². The van der Waals surface area contributed by atoms with Crippen molar-refractivity contribution in [3.63, 3.8) is 0 Å². The molecule has 0 aliphatic heterocycles. The number of rotatable bonds is 7. The van der Waals surface area contributed by atoms with E-state index in [0.717, 1.165) is 19.0 Å². The van der Waals surface area contributed by atoms with Crippen LogP contribution < -0.4 is 5.32 Å².